The average molecular weight is 264 g/mol. The van der Waals surface area contributed by atoms with Crippen molar-refractivity contribution in [3.8, 4) is 0 Å². The van der Waals surface area contributed by atoms with Crippen molar-refractivity contribution < 1.29 is 4.79 Å². The molecular weight excluding hydrogens is 244 g/mol. The van der Waals surface area contributed by atoms with Gasteiger partial charge in [-0.05, 0) is 24.7 Å². The molecule has 0 unspecified atom stereocenters. The summed E-state index contributed by atoms with van der Waals surface area (Å²) < 4.78 is 0. The molecule has 2 rings (SSSR count). The molecule has 1 heterocycles. The molecular formula is C14H20N2OS. The van der Waals surface area contributed by atoms with Crippen LogP contribution in [0.1, 0.15) is 24.4 Å². The first kappa shape index (κ1) is 13.4. The van der Waals surface area contributed by atoms with Crippen LogP contribution in [0.25, 0.3) is 0 Å². The second-order valence-corrected chi connectivity index (χ2v) is 5.79. The summed E-state index contributed by atoms with van der Waals surface area (Å²) in [4.78, 5) is 14.2. The average Bonchev–Trinajstić information content (AvgIpc) is 2.47. The number of thioether (sulfide) groups is 1. The summed E-state index contributed by atoms with van der Waals surface area (Å²) in [7, 11) is 0. The molecule has 1 aromatic carbocycles. The van der Waals surface area contributed by atoms with E-state index in [1.54, 1.807) is 0 Å². The zero-order valence-electron chi connectivity index (χ0n) is 10.7. The largest absolute Gasteiger partial charge is 0.341 e. The van der Waals surface area contributed by atoms with Crippen LogP contribution in [0.3, 0.4) is 0 Å². The lowest BCUT2D eigenvalue weighted by Crippen LogP contribution is -2.43. The monoisotopic (exact) mass is 264 g/mol. The first-order chi connectivity index (χ1) is 8.72. The molecule has 0 radical (unpaired) electrons. The summed E-state index contributed by atoms with van der Waals surface area (Å²) in [6.07, 6.45) is 4.29. The van der Waals surface area contributed by atoms with E-state index < -0.39 is 6.04 Å². The lowest BCUT2D eigenvalue weighted by Gasteiger charge is -2.32. The molecule has 0 bridgehead atoms. The van der Waals surface area contributed by atoms with Crippen molar-refractivity contribution in [2.45, 2.75) is 24.1 Å². The van der Waals surface area contributed by atoms with Crippen LogP contribution in [-0.2, 0) is 4.79 Å². The van der Waals surface area contributed by atoms with Crippen molar-refractivity contribution in [2.24, 2.45) is 5.73 Å². The summed E-state index contributed by atoms with van der Waals surface area (Å²) >= 11 is 1.90. The fraction of sp³-hybridized carbons (Fsp3) is 0.500. The molecule has 0 aliphatic carbocycles. The molecule has 0 spiro atoms. The van der Waals surface area contributed by atoms with Gasteiger partial charge in [0.2, 0.25) is 5.91 Å². The van der Waals surface area contributed by atoms with E-state index in [0.717, 1.165) is 31.5 Å². The smallest absolute Gasteiger partial charge is 0.244 e. The number of nitrogens with two attached hydrogens (primary N) is 1. The predicted octanol–water partition coefficient (Wildman–Crippen LogP) is 2.04. The van der Waals surface area contributed by atoms with Gasteiger partial charge in [-0.25, -0.2) is 0 Å². The van der Waals surface area contributed by atoms with Crippen LogP contribution in [-0.4, -0.2) is 35.4 Å². The van der Waals surface area contributed by atoms with Gasteiger partial charge in [-0.2, -0.15) is 11.8 Å². The Morgan fingerprint density at radius 3 is 2.50 bits per heavy atom. The minimum absolute atomic E-state index is 0.0563. The van der Waals surface area contributed by atoms with Crippen molar-refractivity contribution in [2.75, 3.05) is 19.3 Å². The van der Waals surface area contributed by atoms with E-state index in [1.165, 1.54) is 0 Å². The second kappa shape index (κ2) is 6.25. The highest BCUT2D eigenvalue weighted by Crippen LogP contribution is 2.23. The van der Waals surface area contributed by atoms with Crippen molar-refractivity contribution in [3.63, 3.8) is 0 Å². The molecule has 1 fully saturated rings. The molecule has 1 atom stereocenters. The van der Waals surface area contributed by atoms with Crippen LogP contribution < -0.4 is 5.73 Å². The SMILES string of the molecule is CSC1CCN(C(=O)[C@@H](N)c2ccccc2)CC1. The maximum Gasteiger partial charge on any atom is 0.244 e. The van der Waals surface area contributed by atoms with Gasteiger partial charge < -0.3 is 10.6 Å². The van der Waals surface area contributed by atoms with E-state index in [-0.39, 0.29) is 5.91 Å². The Labute approximate surface area is 113 Å². The van der Waals surface area contributed by atoms with E-state index in [0.29, 0.717) is 5.25 Å². The highest BCUT2D eigenvalue weighted by atomic mass is 32.2. The number of piperidine rings is 1. The number of hydrogen-bond acceptors (Lipinski definition) is 3. The second-order valence-electron chi connectivity index (χ2n) is 4.65. The zero-order chi connectivity index (χ0) is 13.0. The van der Waals surface area contributed by atoms with Gasteiger partial charge in [0.05, 0.1) is 0 Å². The number of likely N-dealkylation sites (tertiary alicyclic amines) is 1. The van der Waals surface area contributed by atoms with Crippen LogP contribution in [0.5, 0.6) is 0 Å². The summed E-state index contributed by atoms with van der Waals surface area (Å²) in [5.74, 6) is 0.0563. The Bertz CT molecular complexity index is 388. The van der Waals surface area contributed by atoms with E-state index in [9.17, 15) is 4.79 Å². The van der Waals surface area contributed by atoms with Gasteiger partial charge >= 0.3 is 0 Å². The third kappa shape index (κ3) is 3.06. The molecule has 0 saturated carbocycles. The molecule has 98 valence electrons. The highest BCUT2D eigenvalue weighted by molar-refractivity contribution is 7.99. The van der Waals surface area contributed by atoms with Crippen LogP contribution in [0.15, 0.2) is 30.3 Å². The van der Waals surface area contributed by atoms with Gasteiger partial charge in [-0.3, -0.25) is 4.79 Å². The minimum Gasteiger partial charge on any atom is -0.341 e. The van der Waals surface area contributed by atoms with Gasteiger partial charge in [0, 0.05) is 18.3 Å². The predicted molar refractivity (Wildman–Crippen MR) is 76.5 cm³/mol. The van der Waals surface area contributed by atoms with E-state index >= 15 is 0 Å². The van der Waals surface area contributed by atoms with Crippen LogP contribution >= 0.6 is 11.8 Å². The quantitative estimate of drug-likeness (QED) is 0.909. The molecule has 4 heteroatoms. The third-order valence-electron chi connectivity index (χ3n) is 3.51. The van der Waals surface area contributed by atoms with Crippen LogP contribution in [0.2, 0.25) is 0 Å². The third-order valence-corrected chi connectivity index (χ3v) is 4.65. The number of nitrogens with zero attached hydrogens (tertiary/aromatic N) is 1. The Morgan fingerprint density at radius 1 is 1.33 bits per heavy atom. The van der Waals surface area contributed by atoms with Gasteiger partial charge in [0.1, 0.15) is 6.04 Å². The summed E-state index contributed by atoms with van der Waals surface area (Å²) in [6, 6.07) is 9.08. The van der Waals surface area contributed by atoms with Gasteiger partial charge in [-0.15, -0.1) is 0 Å². The van der Waals surface area contributed by atoms with E-state index in [2.05, 4.69) is 6.26 Å². The van der Waals surface area contributed by atoms with Crippen molar-refractivity contribution in [1.82, 2.24) is 4.90 Å². The van der Waals surface area contributed by atoms with Crippen molar-refractivity contribution in [3.05, 3.63) is 35.9 Å². The molecule has 0 aromatic heterocycles. The van der Waals surface area contributed by atoms with E-state index in [1.807, 2.05) is 47.0 Å². The number of carbonyl (C=O) groups excluding carboxylic acids is 1. The first-order valence-electron chi connectivity index (χ1n) is 6.34. The molecule has 1 aromatic rings. The first-order valence-corrected chi connectivity index (χ1v) is 7.63. The maximum atomic E-state index is 12.3. The Hall–Kier alpha value is -1.00. The lowest BCUT2D eigenvalue weighted by molar-refractivity contribution is -0.133. The van der Waals surface area contributed by atoms with Crippen LogP contribution in [0, 0.1) is 0 Å². The van der Waals surface area contributed by atoms with Crippen molar-refractivity contribution in [1.29, 1.82) is 0 Å². The number of amides is 1. The normalized spacial score (nSPS) is 18.7. The minimum atomic E-state index is -0.517. The molecule has 2 N–H and O–H groups in total. The number of benzene rings is 1. The fourth-order valence-corrected chi connectivity index (χ4v) is 2.99. The standard InChI is InChI=1S/C14H20N2OS/c1-18-12-7-9-16(10-8-12)14(17)13(15)11-5-3-2-4-6-11/h2-6,12-13H,7-10,15H2,1H3/t13-/m0/s1. The highest BCUT2D eigenvalue weighted by Gasteiger charge is 2.26. The lowest BCUT2D eigenvalue weighted by atomic mass is 10.0. The summed E-state index contributed by atoms with van der Waals surface area (Å²) in [6.45, 7) is 1.68. The summed E-state index contributed by atoms with van der Waals surface area (Å²) in [5, 5.41) is 0.696. The Kier molecular flexibility index (Phi) is 4.66. The van der Waals surface area contributed by atoms with Gasteiger partial charge in [-0.1, -0.05) is 30.3 Å². The van der Waals surface area contributed by atoms with Gasteiger partial charge in [0.15, 0.2) is 0 Å². The molecule has 1 saturated heterocycles. The number of carbonyl (C=O) groups is 1. The van der Waals surface area contributed by atoms with Crippen molar-refractivity contribution >= 4 is 17.7 Å². The number of rotatable bonds is 3. The molecule has 1 aliphatic heterocycles. The molecule has 3 nitrogen and oxygen atoms in total. The van der Waals surface area contributed by atoms with Crippen LogP contribution in [0.4, 0.5) is 0 Å². The molecule has 1 amide bonds. The Balaban J connectivity index is 1.96. The molecule has 18 heavy (non-hydrogen) atoms. The zero-order valence-corrected chi connectivity index (χ0v) is 11.5. The molecule has 1 aliphatic rings. The van der Waals surface area contributed by atoms with Gasteiger partial charge in [0.25, 0.3) is 0 Å². The Morgan fingerprint density at radius 2 is 1.94 bits per heavy atom. The maximum absolute atomic E-state index is 12.3. The van der Waals surface area contributed by atoms with E-state index in [4.69, 9.17) is 5.73 Å². The topological polar surface area (TPSA) is 46.3 Å². The fourth-order valence-electron chi connectivity index (χ4n) is 2.31. The summed E-state index contributed by atoms with van der Waals surface area (Å²) in [5.41, 5.74) is 6.94. The number of hydrogen-bond donors (Lipinski definition) is 1.